The number of halogens is 2. The fourth-order valence-corrected chi connectivity index (χ4v) is 5.14. The molecule has 5 aromatic rings. The topological polar surface area (TPSA) is 123 Å². The highest BCUT2D eigenvalue weighted by Gasteiger charge is 2.26. The quantitative estimate of drug-likeness (QED) is 0.0888. The molecule has 0 amide bonds. The lowest BCUT2D eigenvalue weighted by Crippen LogP contribution is -2.21. The summed E-state index contributed by atoms with van der Waals surface area (Å²) >= 11 is 14.6. The Morgan fingerprint density at radius 1 is 0.929 bits per heavy atom. The molecule has 12 heteroatoms. The third-order valence-electron chi connectivity index (χ3n) is 6.16. The van der Waals surface area contributed by atoms with Gasteiger partial charge in [0.25, 0.3) is 0 Å². The minimum atomic E-state index is -1.06. The second-order valence-corrected chi connectivity index (χ2v) is 10.7. The highest BCUT2D eigenvalue weighted by molar-refractivity contribution is 7.98. The summed E-state index contributed by atoms with van der Waals surface area (Å²) in [6.07, 6.45) is 2.43. The molecule has 0 spiro atoms. The van der Waals surface area contributed by atoms with Crippen LogP contribution in [0, 0.1) is 0 Å². The maximum atomic E-state index is 11.6. The third kappa shape index (κ3) is 6.64. The van der Waals surface area contributed by atoms with Crippen LogP contribution in [0.1, 0.15) is 5.56 Å². The van der Waals surface area contributed by atoms with Gasteiger partial charge in [0.2, 0.25) is 0 Å². The number of thioether (sulfide) groups is 1. The summed E-state index contributed by atoms with van der Waals surface area (Å²) in [4.78, 5) is 13.6. The van der Waals surface area contributed by atoms with E-state index in [1.54, 1.807) is 12.3 Å². The van der Waals surface area contributed by atoms with Crippen LogP contribution in [0.3, 0.4) is 0 Å². The van der Waals surface area contributed by atoms with E-state index in [4.69, 9.17) is 42.8 Å². The fraction of sp³-hybridized carbons (Fsp3) is 0.167. The molecule has 0 fully saturated rings. The van der Waals surface area contributed by atoms with E-state index >= 15 is 0 Å². The lowest BCUT2D eigenvalue weighted by Gasteiger charge is -2.13. The van der Waals surface area contributed by atoms with Crippen LogP contribution < -0.4 is 9.47 Å². The van der Waals surface area contributed by atoms with Crippen molar-refractivity contribution in [3.8, 4) is 45.5 Å². The van der Waals surface area contributed by atoms with Gasteiger partial charge < -0.3 is 24.9 Å². The molecule has 0 radical (unpaired) electrons. The molecule has 9 nitrogen and oxygen atoms in total. The van der Waals surface area contributed by atoms with E-state index in [0.29, 0.717) is 40.2 Å². The molecule has 0 unspecified atom stereocenters. The average molecular weight is 626 g/mol. The molecule has 5 rings (SSSR count). The number of aromatic nitrogens is 4. The zero-order valence-corrected chi connectivity index (χ0v) is 24.6. The summed E-state index contributed by atoms with van der Waals surface area (Å²) in [5.74, 6) is 0.957. The van der Waals surface area contributed by atoms with E-state index in [1.165, 1.54) is 23.9 Å². The molecule has 2 heterocycles. The van der Waals surface area contributed by atoms with E-state index in [0.717, 1.165) is 10.3 Å². The molecule has 1 atom stereocenters. The van der Waals surface area contributed by atoms with Crippen molar-refractivity contribution in [3.05, 3.63) is 94.6 Å². The Morgan fingerprint density at radius 2 is 1.69 bits per heavy atom. The molecular formula is C30H26Cl2N4O5S. The van der Waals surface area contributed by atoms with Crippen LogP contribution in [0.4, 0.5) is 0 Å². The Balaban J connectivity index is 1.59. The first-order chi connectivity index (χ1) is 20.4. The van der Waals surface area contributed by atoms with Crippen molar-refractivity contribution in [2.24, 2.45) is 0 Å². The second-order valence-electron chi connectivity index (χ2n) is 9.08. The summed E-state index contributed by atoms with van der Waals surface area (Å²) in [5.41, 5.74) is 3.11. The number of ether oxygens (including phenoxy) is 2. The monoisotopic (exact) mass is 624 g/mol. The van der Waals surface area contributed by atoms with Gasteiger partial charge in [-0.05, 0) is 42.2 Å². The summed E-state index contributed by atoms with van der Waals surface area (Å²) < 4.78 is 12.5. The zero-order chi connectivity index (χ0) is 29.6. The van der Waals surface area contributed by atoms with Crippen molar-refractivity contribution in [1.82, 2.24) is 19.7 Å². The summed E-state index contributed by atoms with van der Waals surface area (Å²) in [7, 11) is 0. The average Bonchev–Trinajstić information content (AvgIpc) is 3.35. The Hall–Kier alpha value is -3.80. The smallest absolute Gasteiger partial charge is 0.187 e. The van der Waals surface area contributed by atoms with Crippen molar-refractivity contribution in [2.45, 2.75) is 17.9 Å². The van der Waals surface area contributed by atoms with Crippen molar-refractivity contribution >= 4 is 35.0 Å². The number of rotatable bonds is 11. The maximum Gasteiger partial charge on any atom is 0.187 e. The molecule has 3 N–H and O–H groups in total. The Bertz CT molecular complexity index is 1660. The molecule has 2 aromatic heterocycles. The number of benzene rings is 3. The van der Waals surface area contributed by atoms with Gasteiger partial charge in [-0.15, -0.1) is 0 Å². The van der Waals surface area contributed by atoms with E-state index in [9.17, 15) is 10.3 Å². The van der Waals surface area contributed by atoms with Crippen LogP contribution in [-0.2, 0) is 6.61 Å². The van der Waals surface area contributed by atoms with Crippen LogP contribution in [0.2, 0.25) is 10.0 Å². The van der Waals surface area contributed by atoms with Gasteiger partial charge in [-0.2, -0.15) is 4.73 Å². The van der Waals surface area contributed by atoms with Gasteiger partial charge in [0.15, 0.2) is 11.0 Å². The SMILES string of the molecule is CSc1nccc(-c2nc(-c3c(Cl)cc(OC[C@H](O)CO)cc3Cl)n(O)c2-c2cccc(OCc3ccccc3)c2)n1. The van der Waals surface area contributed by atoms with Crippen LogP contribution in [0.15, 0.2) is 84.1 Å². The van der Waals surface area contributed by atoms with Crippen LogP contribution in [0.25, 0.3) is 34.0 Å². The fourth-order valence-electron chi connectivity index (χ4n) is 4.15. The molecule has 0 saturated heterocycles. The highest BCUT2D eigenvalue weighted by atomic mass is 35.5. The van der Waals surface area contributed by atoms with Gasteiger partial charge in [-0.1, -0.05) is 77.4 Å². The maximum absolute atomic E-state index is 11.6. The molecule has 0 aliphatic rings. The molecule has 42 heavy (non-hydrogen) atoms. The first-order valence-electron chi connectivity index (χ1n) is 12.8. The van der Waals surface area contributed by atoms with Gasteiger partial charge in [0.05, 0.1) is 27.9 Å². The zero-order valence-electron chi connectivity index (χ0n) is 22.3. The van der Waals surface area contributed by atoms with Crippen molar-refractivity contribution in [1.29, 1.82) is 0 Å². The van der Waals surface area contributed by atoms with Gasteiger partial charge in [0, 0.05) is 11.8 Å². The lowest BCUT2D eigenvalue weighted by molar-refractivity contribution is 0.0536. The van der Waals surface area contributed by atoms with Crippen LogP contribution in [0.5, 0.6) is 11.5 Å². The van der Waals surface area contributed by atoms with Gasteiger partial charge in [0.1, 0.15) is 42.2 Å². The number of imidazole rings is 1. The van der Waals surface area contributed by atoms with Gasteiger partial charge in [-0.3, -0.25) is 0 Å². The predicted octanol–water partition coefficient (Wildman–Crippen LogP) is 6.25. The molecule has 0 bridgehead atoms. The van der Waals surface area contributed by atoms with E-state index < -0.39 is 12.7 Å². The molecular weight excluding hydrogens is 599 g/mol. The van der Waals surface area contributed by atoms with Crippen LogP contribution >= 0.6 is 35.0 Å². The summed E-state index contributed by atoms with van der Waals surface area (Å²) in [5, 5.41) is 31.1. The predicted molar refractivity (Wildman–Crippen MR) is 162 cm³/mol. The first kappa shape index (κ1) is 29.7. The molecule has 0 aliphatic heterocycles. The summed E-state index contributed by atoms with van der Waals surface area (Å²) in [6.45, 7) is -0.231. The van der Waals surface area contributed by atoms with Crippen molar-refractivity contribution in [2.75, 3.05) is 19.5 Å². The standard InChI is InChI=1S/C30H26Cl2N4O5S/c1-42-30-33-11-10-25(34-30)27-28(19-8-5-9-21(12-19)40-16-18-6-3-2-4-7-18)36(39)29(35-27)26-23(31)13-22(14-24(26)32)41-17-20(38)15-37/h2-14,20,37-39H,15-17H2,1H3/t20-/m1/s1. The minimum Gasteiger partial charge on any atom is -0.491 e. The van der Waals surface area contributed by atoms with Crippen LogP contribution in [-0.4, -0.2) is 60.7 Å². The summed E-state index contributed by atoms with van der Waals surface area (Å²) in [6, 6.07) is 21.8. The van der Waals surface area contributed by atoms with Gasteiger partial charge >= 0.3 is 0 Å². The van der Waals surface area contributed by atoms with E-state index in [2.05, 4.69) is 9.97 Å². The Morgan fingerprint density at radius 3 is 2.40 bits per heavy atom. The largest absolute Gasteiger partial charge is 0.491 e. The first-order valence-corrected chi connectivity index (χ1v) is 14.7. The minimum absolute atomic E-state index is 0.0804. The molecule has 0 aliphatic carbocycles. The number of aliphatic hydroxyl groups excluding tert-OH is 2. The normalized spacial score (nSPS) is 11.8. The third-order valence-corrected chi connectivity index (χ3v) is 7.32. The molecule has 0 saturated carbocycles. The Kier molecular flexibility index (Phi) is 9.51. The number of hydrogen-bond donors (Lipinski definition) is 3. The van der Waals surface area contributed by atoms with Crippen molar-refractivity contribution < 1.29 is 24.9 Å². The Labute approximate surface area is 256 Å². The van der Waals surface area contributed by atoms with Gasteiger partial charge in [-0.25, -0.2) is 15.0 Å². The number of nitrogens with zero attached hydrogens (tertiary/aromatic N) is 4. The van der Waals surface area contributed by atoms with E-state index in [1.807, 2.05) is 60.9 Å². The number of aliphatic hydroxyl groups is 2. The number of hydrogen-bond acceptors (Lipinski definition) is 9. The molecule has 3 aromatic carbocycles. The van der Waals surface area contributed by atoms with Crippen molar-refractivity contribution in [3.63, 3.8) is 0 Å². The highest BCUT2D eigenvalue weighted by Crippen LogP contribution is 2.42. The molecule has 216 valence electrons. The van der Waals surface area contributed by atoms with E-state index in [-0.39, 0.29) is 33.8 Å². The second kappa shape index (κ2) is 13.5. The lowest BCUT2D eigenvalue weighted by atomic mass is 10.1.